The van der Waals surface area contributed by atoms with Gasteiger partial charge in [-0.15, -0.1) is 13.2 Å². The van der Waals surface area contributed by atoms with Crippen molar-refractivity contribution in [2.45, 2.75) is 50.2 Å². The van der Waals surface area contributed by atoms with E-state index in [0.29, 0.717) is 0 Å². The van der Waals surface area contributed by atoms with E-state index in [4.69, 9.17) is 0 Å². The van der Waals surface area contributed by atoms with Crippen LogP contribution in [0.5, 0.6) is 0 Å². The Kier molecular flexibility index (Phi) is 7.18. The quantitative estimate of drug-likeness (QED) is 0.461. The molecule has 0 heterocycles. The van der Waals surface area contributed by atoms with Gasteiger partial charge in [0.2, 0.25) is 0 Å². The molecule has 2 atom stereocenters. The highest BCUT2D eigenvalue weighted by Gasteiger charge is 2.47. The molecule has 0 spiro atoms. The van der Waals surface area contributed by atoms with Crippen molar-refractivity contribution in [1.29, 1.82) is 0 Å². The van der Waals surface area contributed by atoms with Crippen LogP contribution in [0.15, 0.2) is 25.3 Å². The van der Waals surface area contributed by atoms with Gasteiger partial charge >= 0.3 is 12.4 Å². The molecule has 0 fully saturated rings. The van der Waals surface area contributed by atoms with Gasteiger partial charge in [0.05, 0.1) is 0 Å². The third-order valence-electron chi connectivity index (χ3n) is 2.32. The van der Waals surface area contributed by atoms with E-state index in [1.807, 2.05) is 0 Å². The minimum Gasteiger partial charge on any atom is -0.356 e. The van der Waals surface area contributed by atoms with Crippen LogP contribution in [0.2, 0.25) is 0 Å². The van der Waals surface area contributed by atoms with Crippen LogP contribution >= 0.6 is 0 Å². The Labute approximate surface area is 107 Å². The second-order valence-electron chi connectivity index (χ2n) is 3.93. The van der Waals surface area contributed by atoms with Crippen molar-refractivity contribution in [1.82, 2.24) is 0 Å². The van der Waals surface area contributed by atoms with E-state index in [-0.39, 0.29) is 12.8 Å². The Balaban J connectivity index is 4.81. The number of ether oxygens (including phenoxy) is 1. The fourth-order valence-electron chi connectivity index (χ4n) is 1.35. The van der Waals surface area contributed by atoms with Gasteiger partial charge in [-0.25, -0.2) is 0 Å². The van der Waals surface area contributed by atoms with Crippen LogP contribution in [0.4, 0.5) is 26.3 Å². The lowest BCUT2D eigenvalue weighted by Gasteiger charge is -2.27. The molecule has 0 aromatic carbocycles. The second-order valence-corrected chi connectivity index (χ2v) is 3.93. The molecule has 2 unspecified atom stereocenters. The molecule has 0 aromatic heterocycles. The van der Waals surface area contributed by atoms with E-state index in [2.05, 4.69) is 17.9 Å². The lowest BCUT2D eigenvalue weighted by molar-refractivity contribution is -0.287. The van der Waals surface area contributed by atoms with Gasteiger partial charge in [-0.3, -0.25) is 0 Å². The molecule has 0 aliphatic carbocycles. The number of hydrogen-bond acceptors (Lipinski definition) is 1. The summed E-state index contributed by atoms with van der Waals surface area (Å²) in [6, 6.07) is 0. The third-order valence-corrected chi connectivity index (χ3v) is 2.32. The van der Waals surface area contributed by atoms with Gasteiger partial charge < -0.3 is 4.74 Å². The Morgan fingerprint density at radius 2 is 1.11 bits per heavy atom. The Morgan fingerprint density at radius 1 is 0.789 bits per heavy atom. The molecule has 0 amide bonds. The molecule has 0 saturated heterocycles. The smallest absolute Gasteiger partial charge is 0.356 e. The lowest BCUT2D eigenvalue weighted by Crippen LogP contribution is -2.41. The van der Waals surface area contributed by atoms with Crippen molar-refractivity contribution < 1.29 is 31.1 Å². The minimum atomic E-state index is -4.83. The van der Waals surface area contributed by atoms with Crippen molar-refractivity contribution in [3.63, 3.8) is 0 Å². The fourth-order valence-corrected chi connectivity index (χ4v) is 1.35. The predicted octanol–water partition coefficient (Wildman–Crippen LogP) is 4.80. The van der Waals surface area contributed by atoms with Crippen LogP contribution in [0.25, 0.3) is 0 Å². The van der Waals surface area contributed by atoms with Crippen LogP contribution < -0.4 is 0 Å². The third kappa shape index (κ3) is 7.25. The first kappa shape index (κ1) is 18.0. The summed E-state index contributed by atoms with van der Waals surface area (Å²) in [4.78, 5) is 0. The Morgan fingerprint density at radius 3 is 1.32 bits per heavy atom. The molecule has 1 nitrogen and oxygen atoms in total. The van der Waals surface area contributed by atoms with E-state index in [1.54, 1.807) is 0 Å². The van der Waals surface area contributed by atoms with Crippen LogP contribution in [0.1, 0.15) is 25.7 Å². The summed E-state index contributed by atoms with van der Waals surface area (Å²) in [5, 5.41) is 0. The van der Waals surface area contributed by atoms with Crippen molar-refractivity contribution in [3.8, 4) is 0 Å². The molecule has 0 radical (unpaired) electrons. The average molecular weight is 290 g/mol. The first-order valence-corrected chi connectivity index (χ1v) is 5.63. The van der Waals surface area contributed by atoms with E-state index < -0.39 is 37.4 Å². The lowest BCUT2D eigenvalue weighted by atomic mass is 10.1. The number of rotatable bonds is 8. The average Bonchev–Trinajstić information content (AvgIpc) is 2.24. The topological polar surface area (TPSA) is 9.23 Å². The molecule has 19 heavy (non-hydrogen) atoms. The maximum absolute atomic E-state index is 12.6. The number of alkyl halides is 6. The van der Waals surface area contributed by atoms with Crippen molar-refractivity contribution in [2.24, 2.45) is 0 Å². The first-order valence-electron chi connectivity index (χ1n) is 5.63. The van der Waals surface area contributed by atoms with Gasteiger partial charge in [0.1, 0.15) is 0 Å². The molecule has 0 aliphatic heterocycles. The molecule has 0 bridgehead atoms. The van der Waals surface area contributed by atoms with Gasteiger partial charge in [0.15, 0.2) is 12.2 Å². The highest BCUT2D eigenvalue weighted by atomic mass is 19.4. The summed E-state index contributed by atoms with van der Waals surface area (Å²) in [5.41, 5.74) is 0. The summed E-state index contributed by atoms with van der Waals surface area (Å²) >= 11 is 0. The van der Waals surface area contributed by atoms with Crippen molar-refractivity contribution >= 4 is 0 Å². The van der Waals surface area contributed by atoms with Crippen LogP contribution in [-0.4, -0.2) is 24.6 Å². The maximum Gasteiger partial charge on any atom is 0.414 e. The largest absolute Gasteiger partial charge is 0.414 e. The van der Waals surface area contributed by atoms with Gasteiger partial charge in [-0.2, -0.15) is 26.3 Å². The summed E-state index contributed by atoms with van der Waals surface area (Å²) in [6.45, 7) is 6.47. The van der Waals surface area contributed by atoms with Gasteiger partial charge in [-0.05, 0) is 25.7 Å². The summed E-state index contributed by atoms with van der Waals surface area (Å²) in [5.74, 6) is 0. The second kappa shape index (κ2) is 7.57. The van der Waals surface area contributed by atoms with Crippen LogP contribution in [-0.2, 0) is 4.74 Å². The van der Waals surface area contributed by atoms with Gasteiger partial charge in [0, 0.05) is 0 Å². The Hall–Kier alpha value is -0.980. The molecule has 7 heteroatoms. The zero-order chi connectivity index (χ0) is 15.1. The van der Waals surface area contributed by atoms with Crippen LogP contribution in [0, 0.1) is 0 Å². The normalized spacial score (nSPS) is 15.9. The summed E-state index contributed by atoms with van der Waals surface area (Å²) in [7, 11) is 0. The van der Waals surface area contributed by atoms with E-state index >= 15 is 0 Å². The molecule has 0 saturated carbocycles. The first-order chi connectivity index (χ1) is 8.62. The van der Waals surface area contributed by atoms with Crippen molar-refractivity contribution in [2.75, 3.05) is 0 Å². The van der Waals surface area contributed by atoms with Crippen LogP contribution in [0.3, 0.4) is 0 Å². The van der Waals surface area contributed by atoms with E-state index in [0.717, 1.165) is 0 Å². The molecule has 0 aromatic rings. The molecular weight excluding hydrogens is 274 g/mol. The molecule has 112 valence electrons. The van der Waals surface area contributed by atoms with E-state index in [1.165, 1.54) is 12.2 Å². The van der Waals surface area contributed by atoms with Crippen molar-refractivity contribution in [3.05, 3.63) is 25.3 Å². The fraction of sp³-hybridized carbons (Fsp3) is 0.667. The number of halogens is 6. The monoisotopic (exact) mass is 290 g/mol. The predicted molar refractivity (Wildman–Crippen MR) is 59.6 cm³/mol. The standard InChI is InChI=1S/C12H16F6O/c1-3-5-7-9(11(13,14)15)19-10(8-6-4-2)12(16,17)18/h3-4,9-10H,1-2,5-8H2. The number of hydrogen-bond donors (Lipinski definition) is 0. The molecular formula is C12H16F6O. The zero-order valence-electron chi connectivity index (χ0n) is 10.2. The molecule has 0 aliphatic rings. The maximum atomic E-state index is 12.6. The SMILES string of the molecule is C=CCCC(OC(CCC=C)C(F)(F)F)C(F)(F)F. The minimum absolute atomic E-state index is 0.0732. The van der Waals surface area contributed by atoms with Gasteiger partial charge in [-0.1, -0.05) is 12.2 Å². The number of allylic oxidation sites excluding steroid dienone is 2. The van der Waals surface area contributed by atoms with Gasteiger partial charge in [0.25, 0.3) is 0 Å². The Bertz CT molecular complexity index is 253. The highest BCUT2D eigenvalue weighted by Crippen LogP contribution is 2.33. The zero-order valence-corrected chi connectivity index (χ0v) is 10.2. The summed E-state index contributed by atoms with van der Waals surface area (Å²) in [6.07, 6.45) is -13.4. The summed E-state index contributed by atoms with van der Waals surface area (Å²) < 4.78 is 79.6. The highest BCUT2D eigenvalue weighted by molar-refractivity contribution is 4.80. The molecule has 0 rings (SSSR count). The van der Waals surface area contributed by atoms with E-state index in [9.17, 15) is 26.3 Å². The molecule has 0 N–H and O–H groups in total.